The molecule has 0 aliphatic carbocycles. The molecule has 0 saturated heterocycles. The number of benzene rings is 2. The molecule has 1 heterocycles. The van der Waals surface area contributed by atoms with Gasteiger partial charge < -0.3 is 5.32 Å². The van der Waals surface area contributed by atoms with E-state index in [1.54, 1.807) is 48.5 Å². The lowest BCUT2D eigenvalue weighted by molar-refractivity contribution is 0.0949. The smallest absolute Gasteiger partial charge is 0.251 e. The van der Waals surface area contributed by atoms with Gasteiger partial charge in [-0.3, -0.25) is 4.79 Å². The highest BCUT2D eigenvalue weighted by Gasteiger charge is 2.11. The molecule has 6 nitrogen and oxygen atoms in total. The summed E-state index contributed by atoms with van der Waals surface area (Å²) >= 11 is 11.7. The number of carbonyl (C=O) groups is 1. The molecular formula is C15H11Cl2N5O. The number of hydrogen-bond donors (Lipinski definition) is 1. The van der Waals surface area contributed by atoms with E-state index in [0.717, 1.165) is 5.69 Å². The number of nitrogens with one attached hydrogen (secondary N) is 1. The molecule has 0 atom stereocenters. The first kappa shape index (κ1) is 15.5. The Morgan fingerprint density at radius 2 is 1.87 bits per heavy atom. The lowest BCUT2D eigenvalue weighted by Crippen LogP contribution is -2.24. The summed E-state index contributed by atoms with van der Waals surface area (Å²) in [5.41, 5.74) is 1.23. The maximum absolute atomic E-state index is 12.1. The van der Waals surface area contributed by atoms with Gasteiger partial charge in [-0.1, -0.05) is 29.3 Å². The minimum atomic E-state index is -0.252. The maximum Gasteiger partial charge on any atom is 0.251 e. The summed E-state index contributed by atoms with van der Waals surface area (Å²) in [4.78, 5) is 12.1. The van der Waals surface area contributed by atoms with Crippen molar-refractivity contribution in [3.63, 3.8) is 0 Å². The summed E-state index contributed by atoms with van der Waals surface area (Å²) in [5.74, 6) is 0.251. The molecule has 0 unspecified atom stereocenters. The molecule has 3 rings (SSSR count). The van der Waals surface area contributed by atoms with Crippen LogP contribution in [-0.4, -0.2) is 26.1 Å². The SMILES string of the molecule is O=C(NCc1nnnn1-c1ccc(Cl)cc1)c1cccc(Cl)c1. The van der Waals surface area contributed by atoms with Crippen LogP contribution < -0.4 is 5.32 Å². The number of aromatic nitrogens is 4. The number of amides is 1. The molecule has 0 aliphatic heterocycles. The fourth-order valence-corrected chi connectivity index (χ4v) is 2.31. The number of hydrogen-bond acceptors (Lipinski definition) is 4. The largest absolute Gasteiger partial charge is 0.345 e. The van der Waals surface area contributed by atoms with Crippen molar-refractivity contribution in [1.29, 1.82) is 0 Å². The monoisotopic (exact) mass is 347 g/mol. The van der Waals surface area contributed by atoms with E-state index >= 15 is 0 Å². The fourth-order valence-electron chi connectivity index (χ4n) is 1.99. The van der Waals surface area contributed by atoms with E-state index in [4.69, 9.17) is 23.2 Å². The standard InChI is InChI=1S/C15H11Cl2N5O/c16-11-4-6-13(7-5-11)22-14(19-20-21-22)9-18-15(23)10-2-1-3-12(17)8-10/h1-8H,9H2,(H,18,23). The highest BCUT2D eigenvalue weighted by molar-refractivity contribution is 6.31. The average molecular weight is 348 g/mol. The molecule has 23 heavy (non-hydrogen) atoms. The summed E-state index contributed by atoms with van der Waals surface area (Å²) in [7, 11) is 0. The number of carbonyl (C=O) groups excluding carboxylic acids is 1. The molecule has 0 aliphatic rings. The van der Waals surface area contributed by atoms with Gasteiger partial charge in [0.05, 0.1) is 12.2 Å². The zero-order valence-corrected chi connectivity index (χ0v) is 13.3. The Kier molecular flexibility index (Phi) is 4.55. The zero-order chi connectivity index (χ0) is 16.2. The molecule has 0 bridgehead atoms. The van der Waals surface area contributed by atoms with Gasteiger partial charge in [0.15, 0.2) is 5.82 Å². The molecule has 1 aromatic heterocycles. The summed E-state index contributed by atoms with van der Waals surface area (Å²) in [5, 5.41) is 15.4. The Balaban J connectivity index is 1.73. The molecule has 0 saturated carbocycles. The molecule has 2 aromatic carbocycles. The van der Waals surface area contributed by atoms with Gasteiger partial charge in [-0.25, -0.2) is 0 Å². The van der Waals surface area contributed by atoms with Crippen LogP contribution in [0.5, 0.6) is 0 Å². The first-order valence-electron chi connectivity index (χ1n) is 6.70. The van der Waals surface area contributed by atoms with Crippen molar-refractivity contribution in [1.82, 2.24) is 25.5 Å². The van der Waals surface area contributed by atoms with E-state index in [0.29, 0.717) is 21.4 Å². The second-order valence-electron chi connectivity index (χ2n) is 4.68. The molecule has 8 heteroatoms. The Morgan fingerprint density at radius 1 is 1.09 bits per heavy atom. The van der Waals surface area contributed by atoms with Crippen LogP contribution in [0.1, 0.15) is 16.2 Å². The summed E-state index contributed by atoms with van der Waals surface area (Å²) in [6.45, 7) is 0.182. The predicted molar refractivity (Wildman–Crippen MR) is 86.8 cm³/mol. The topological polar surface area (TPSA) is 72.7 Å². The third-order valence-electron chi connectivity index (χ3n) is 3.10. The van der Waals surface area contributed by atoms with E-state index < -0.39 is 0 Å². The van der Waals surface area contributed by atoms with E-state index in [1.807, 2.05) is 0 Å². The highest BCUT2D eigenvalue weighted by atomic mass is 35.5. The van der Waals surface area contributed by atoms with Crippen LogP contribution in [0.3, 0.4) is 0 Å². The van der Waals surface area contributed by atoms with Crippen LogP contribution in [0.15, 0.2) is 48.5 Å². The average Bonchev–Trinajstić information content (AvgIpc) is 3.02. The normalized spacial score (nSPS) is 10.5. The lowest BCUT2D eigenvalue weighted by atomic mass is 10.2. The first-order valence-corrected chi connectivity index (χ1v) is 7.46. The van der Waals surface area contributed by atoms with Gasteiger partial charge in [-0.05, 0) is 52.9 Å². The molecule has 3 aromatic rings. The van der Waals surface area contributed by atoms with Crippen LogP contribution in [0.4, 0.5) is 0 Å². The van der Waals surface area contributed by atoms with Gasteiger partial charge in [0.2, 0.25) is 0 Å². The number of halogens is 2. The van der Waals surface area contributed by atoms with Crippen LogP contribution in [-0.2, 0) is 6.54 Å². The molecule has 1 N–H and O–H groups in total. The molecule has 0 spiro atoms. The summed E-state index contributed by atoms with van der Waals surface area (Å²) in [6, 6.07) is 13.8. The second kappa shape index (κ2) is 6.76. The molecule has 0 radical (unpaired) electrons. The Labute approximate surface area is 142 Å². The predicted octanol–water partition coefficient (Wildman–Crippen LogP) is 2.90. The van der Waals surface area contributed by atoms with Crippen molar-refractivity contribution in [2.45, 2.75) is 6.54 Å². The van der Waals surface area contributed by atoms with Crippen LogP contribution in [0.2, 0.25) is 10.0 Å². The minimum Gasteiger partial charge on any atom is -0.345 e. The quantitative estimate of drug-likeness (QED) is 0.787. The van der Waals surface area contributed by atoms with Crippen LogP contribution >= 0.6 is 23.2 Å². The van der Waals surface area contributed by atoms with Gasteiger partial charge in [0, 0.05) is 15.6 Å². The van der Waals surface area contributed by atoms with Gasteiger partial charge in [0.1, 0.15) is 0 Å². The fraction of sp³-hybridized carbons (Fsp3) is 0.0667. The number of rotatable bonds is 4. The van der Waals surface area contributed by atoms with E-state index in [-0.39, 0.29) is 12.5 Å². The van der Waals surface area contributed by atoms with Gasteiger partial charge in [-0.2, -0.15) is 4.68 Å². The number of nitrogens with zero attached hydrogens (tertiary/aromatic N) is 4. The second-order valence-corrected chi connectivity index (χ2v) is 5.55. The molecular weight excluding hydrogens is 337 g/mol. The molecule has 116 valence electrons. The molecule has 1 amide bonds. The first-order chi connectivity index (χ1) is 11.1. The van der Waals surface area contributed by atoms with Crippen LogP contribution in [0.25, 0.3) is 5.69 Å². The Morgan fingerprint density at radius 3 is 2.61 bits per heavy atom. The Hall–Kier alpha value is -2.44. The van der Waals surface area contributed by atoms with Gasteiger partial charge >= 0.3 is 0 Å². The van der Waals surface area contributed by atoms with Crippen molar-refractivity contribution < 1.29 is 4.79 Å². The van der Waals surface area contributed by atoms with Crippen molar-refractivity contribution in [2.24, 2.45) is 0 Å². The van der Waals surface area contributed by atoms with Gasteiger partial charge in [-0.15, -0.1) is 5.10 Å². The third-order valence-corrected chi connectivity index (χ3v) is 3.59. The zero-order valence-electron chi connectivity index (χ0n) is 11.8. The van der Waals surface area contributed by atoms with E-state index in [9.17, 15) is 4.79 Å². The van der Waals surface area contributed by atoms with Crippen molar-refractivity contribution in [3.8, 4) is 5.69 Å². The van der Waals surface area contributed by atoms with E-state index in [1.165, 1.54) is 4.68 Å². The lowest BCUT2D eigenvalue weighted by Gasteiger charge is -2.07. The summed E-state index contributed by atoms with van der Waals surface area (Å²) in [6.07, 6.45) is 0. The van der Waals surface area contributed by atoms with E-state index in [2.05, 4.69) is 20.8 Å². The number of tetrazole rings is 1. The van der Waals surface area contributed by atoms with Crippen molar-refractivity contribution in [2.75, 3.05) is 0 Å². The van der Waals surface area contributed by atoms with Gasteiger partial charge in [0.25, 0.3) is 5.91 Å². The Bertz CT molecular complexity index is 832. The third kappa shape index (κ3) is 3.67. The van der Waals surface area contributed by atoms with Crippen molar-refractivity contribution >= 4 is 29.1 Å². The highest BCUT2D eigenvalue weighted by Crippen LogP contribution is 2.14. The maximum atomic E-state index is 12.1. The van der Waals surface area contributed by atoms with Crippen molar-refractivity contribution in [3.05, 3.63) is 70.0 Å². The molecule has 0 fully saturated rings. The summed E-state index contributed by atoms with van der Waals surface area (Å²) < 4.78 is 1.54. The minimum absolute atomic E-state index is 0.182. The van der Waals surface area contributed by atoms with Crippen LogP contribution in [0, 0.1) is 0 Å².